The van der Waals surface area contributed by atoms with E-state index < -0.39 is 0 Å². The van der Waals surface area contributed by atoms with Crippen LogP contribution >= 0.6 is 0 Å². The van der Waals surface area contributed by atoms with E-state index in [1.165, 1.54) is 19.3 Å². The SMILES string of the molecule is CCNC1CCCC1CN(CC)c1ccc(F)cc1. The topological polar surface area (TPSA) is 15.3 Å². The number of rotatable bonds is 6. The fraction of sp³-hybridized carbons (Fsp3) is 0.625. The van der Waals surface area contributed by atoms with E-state index in [1.807, 2.05) is 12.1 Å². The van der Waals surface area contributed by atoms with Crippen LogP contribution in [0.4, 0.5) is 10.1 Å². The molecule has 0 saturated heterocycles. The predicted octanol–water partition coefficient (Wildman–Crippen LogP) is 3.43. The van der Waals surface area contributed by atoms with Gasteiger partial charge in [-0.1, -0.05) is 13.3 Å². The monoisotopic (exact) mass is 264 g/mol. The highest BCUT2D eigenvalue weighted by molar-refractivity contribution is 5.46. The van der Waals surface area contributed by atoms with E-state index in [-0.39, 0.29) is 5.82 Å². The molecule has 19 heavy (non-hydrogen) atoms. The van der Waals surface area contributed by atoms with Gasteiger partial charge in [-0.3, -0.25) is 0 Å². The van der Waals surface area contributed by atoms with E-state index in [0.717, 1.165) is 25.3 Å². The second-order valence-corrected chi connectivity index (χ2v) is 5.37. The summed E-state index contributed by atoms with van der Waals surface area (Å²) >= 11 is 0. The van der Waals surface area contributed by atoms with Crippen molar-refractivity contribution in [2.75, 3.05) is 24.5 Å². The van der Waals surface area contributed by atoms with Crippen molar-refractivity contribution in [2.45, 2.75) is 39.2 Å². The van der Waals surface area contributed by atoms with Gasteiger partial charge in [0, 0.05) is 24.8 Å². The largest absolute Gasteiger partial charge is 0.371 e. The van der Waals surface area contributed by atoms with Gasteiger partial charge < -0.3 is 10.2 Å². The summed E-state index contributed by atoms with van der Waals surface area (Å²) < 4.78 is 13.0. The van der Waals surface area contributed by atoms with Crippen LogP contribution in [0.25, 0.3) is 0 Å². The summed E-state index contributed by atoms with van der Waals surface area (Å²) in [6.07, 6.45) is 3.91. The minimum absolute atomic E-state index is 0.161. The lowest BCUT2D eigenvalue weighted by Crippen LogP contribution is -2.39. The van der Waals surface area contributed by atoms with E-state index in [9.17, 15) is 4.39 Å². The summed E-state index contributed by atoms with van der Waals surface area (Å²) in [5.41, 5.74) is 1.13. The molecule has 1 aliphatic rings. The maximum Gasteiger partial charge on any atom is 0.123 e. The Hall–Kier alpha value is -1.09. The van der Waals surface area contributed by atoms with Gasteiger partial charge in [0.1, 0.15) is 5.82 Å². The number of nitrogens with one attached hydrogen (secondary N) is 1. The molecule has 1 aromatic rings. The second-order valence-electron chi connectivity index (χ2n) is 5.37. The standard InChI is InChI=1S/C16H25FN2/c1-3-18-16-7-5-6-13(16)12-19(4-2)15-10-8-14(17)9-11-15/h8-11,13,16,18H,3-7,12H2,1-2H3. The Labute approximate surface area is 116 Å². The van der Waals surface area contributed by atoms with Crippen LogP contribution in [0.15, 0.2) is 24.3 Å². The lowest BCUT2D eigenvalue weighted by Gasteiger charge is -2.30. The van der Waals surface area contributed by atoms with Crippen LogP contribution in [0.1, 0.15) is 33.1 Å². The molecule has 3 heteroatoms. The van der Waals surface area contributed by atoms with Gasteiger partial charge in [0.25, 0.3) is 0 Å². The molecule has 0 aromatic heterocycles. The van der Waals surface area contributed by atoms with Crippen LogP contribution in [-0.4, -0.2) is 25.7 Å². The predicted molar refractivity (Wildman–Crippen MR) is 79.1 cm³/mol. The average Bonchev–Trinajstić information content (AvgIpc) is 2.85. The fourth-order valence-electron chi connectivity index (χ4n) is 3.14. The molecule has 1 saturated carbocycles. The maximum atomic E-state index is 13.0. The minimum Gasteiger partial charge on any atom is -0.371 e. The summed E-state index contributed by atoms with van der Waals surface area (Å²) in [5.74, 6) is 0.552. The molecule has 106 valence electrons. The molecule has 1 aliphatic carbocycles. The van der Waals surface area contributed by atoms with Gasteiger partial charge in [-0.15, -0.1) is 0 Å². The van der Waals surface area contributed by atoms with Crippen LogP contribution in [-0.2, 0) is 0 Å². The molecule has 2 atom stereocenters. The van der Waals surface area contributed by atoms with Crippen LogP contribution < -0.4 is 10.2 Å². The molecule has 0 radical (unpaired) electrons. The molecule has 1 fully saturated rings. The Balaban J connectivity index is 2.00. The molecular formula is C16H25FN2. The Morgan fingerprint density at radius 1 is 1.21 bits per heavy atom. The molecule has 1 N–H and O–H groups in total. The van der Waals surface area contributed by atoms with Crippen molar-refractivity contribution in [3.8, 4) is 0 Å². The van der Waals surface area contributed by atoms with Crippen LogP contribution in [0.3, 0.4) is 0 Å². The number of hydrogen-bond acceptors (Lipinski definition) is 2. The lowest BCUT2D eigenvalue weighted by molar-refractivity contribution is 0.407. The van der Waals surface area contributed by atoms with Crippen molar-refractivity contribution >= 4 is 5.69 Å². The first kappa shape index (κ1) is 14.3. The van der Waals surface area contributed by atoms with Crippen molar-refractivity contribution in [3.63, 3.8) is 0 Å². The zero-order chi connectivity index (χ0) is 13.7. The fourth-order valence-corrected chi connectivity index (χ4v) is 3.14. The maximum absolute atomic E-state index is 13.0. The van der Waals surface area contributed by atoms with E-state index >= 15 is 0 Å². The van der Waals surface area contributed by atoms with Gasteiger partial charge >= 0.3 is 0 Å². The number of anilines is 1. The highest BCUT2D eigenvalue weighted by Crippen LogP contribution is 2.28. The zero-order valence-corrected chi connectivity index (χ0v) is 12.0. The Morgan fingerprint density at radius 3 is 2.58 bits per heavy atom. The number of benzene rings is 1. The van der Waals surface area contributed by atoms with Gasteiger partial charge in [-0.05, 0) is 56.5 Å². The lowest BCUT2D eigenvalue weighted by atomic mass is 10.0. The van der Waals surface area contributed by atoms with Crippen LogP contribution in [0, 0.1) is 11.7 Å². The quantitative estimate of drug-likeness (QED) is 0.847. The molecule has 0 aliphatic heterocycles. The Morgan fingerprint density at radius 2 is 1.95 bits per heavy atom. The van der Waals surface area contributed by atoms with Gasteiger partial charge in [0.2, 0.25) is 0 Å². The normalized spacial score (nSPS) is 22.7. The summed E-state index contributed by atoms with van der Waals surface area (Å²) in [6.45, 7) is 7.43. The summed E-state index contributed by atoms with van der Waals surface area (Å²) in [7, 11) is 0. The number of halogens is 1. The van der Waals surface area contributed by atoms with Gasteiger partial charge in [-0.2, -0.15) is 0 Å². The third-order valence-electron chi connectivity index (χ3n) is 4.15. The molecule has 0 amide bonds. The van der Waals surface area contributed by atoms with Crippen molar-refractivity contribution in [1.82, 2.24) is 5.32 Å². The molecule has 0 bridgehead atoms. The van der Waals surface area contributed by atoms with Crippen LogP contribution in [0.2, 0.25) is 0 Å². The van der Waals surface area contributed by atoms with Gasteiger partial charge in [-0.25, -0.2) is 4.39 Å². The van der Waals surface area contributed by atoms with E-state index in [0.29, 0.717) is 12.0 Å². The first-order chi connectivity index (χ1) is 9.24. The summed E-state index contributed by atoms with van der Waals surface area (Å²) in [5, 5.41) is 3.60. The van der Waals surface area contributed by atoms with Crippen molar-refractivity contribution in [3.05, 3.63) is 30.1 Å². The first-order valence-corrected chi connectivity index (χ1v) is 7.48. The molecule has 1 aromatic carbocycles. The van der Waals surface area contributed by atoms with Crippen molar-refractivity contribution in [1.29, 1.82) is 0 Å². The summed E-state index contributed by atoms with van der Waals surface area (Å²) in [6, 6.07) is 7.52. The second kappa shape index (κ2) is 6.90. The molecule has 2 rings (SSSR count). The first-order valence-electron chi connectivity index (χ1n) is 7.48. The minimum atomic E-state index is -0.161. The summed E-state index contributed by atoms with van der Waals surface area (Å²) in [4.78, 5) is 2.36. The van der Waals surface area contributed by atoms with E-state index in [2.05, 4.69) is 24.1 Å². The number of nitrogens with zero attached hydrogens (tertiary/aromatic N) is 1. The third-order valence-corrected chi connectivity index (χ3v) is 4.15. The van der Waals surface area contributed by atoms with Gasteiger partial charge in [0.15, 0.2) is 0 Å². The van der Waals surface area contributed by atoms with E-state index in [1.54, 1.807) is 12.1 Å². The molecule has 0 heterocycles. The van der Waals surface area contributed by atoms with Crippen molar-refractivity contribution < 1.29 is 4.39 Å². The Kier molecular flexibility index (Phi) is 5.20. The molecule has 0 spiro atoms. The molecular weight excluding hydrogens is 239 g/mol. The third kappa shape index (κ3) is 3.69. The highest BCUT2D eigenvalue weighted by atomic mass is 19.1. The smallest absolute Gasteiger partial charge is 0.123 e. The Bertz CT molecular complexity index is 377. The van der Waals surface area contributed by atoms with Gasteiger partial charge in [0.05, 0.1) is 0 Å². The van der Waals surface area contributed by atoms with E-state index in [4.69, 9.17) is 0 Å². The average molecular weight is 264 g/mol. The van der Waals surface area contributed by atoms with Crippen LogP contribution in [0.5, 0.6) is 0 Å². The van der Waals surface area contributed by atoms with Crippen molar-refractivity contribution in [2.24, 2.45) is 5.92 Å². The number of hydrogen-bond donors (Lipinski definition) is 1. The highest BCUT2D eigenvalue weighted by Gasteiger charge is 2.27. The zero-order valence-electron chi connectivity index (χ0n) is 12.0. The molecule has 2 unspecified atom stereocenters. The molecule has 2 nitrogen and oxygen atoms in total.